The molecule has 1 aromatic rings. The maximum atomic E-state index is 11.1. The van der Waals surface area contributed by atoms with Crippen LogP contribution in [0.25, 0.3) is 0 Å². The Hall–Kier alpha value is -2.04. The summed E-state index contributed by atoms with van der Waals surface area (Å²) in [4.78, 5) is 18.4. The number of carbonyl (C=O) groups is 1. The lowest BCUT2D eigenvalue weighted by atomic mass is 9.82. The number of primary amides is 1. The molecule has 1 amide bonds. The number of rotatable bonds is 4. The molecule has 2 fully saturated rings. The Labute approximate surface area is 144 Å². The van der Waals surface area contributed by atoms with Gasteiger partial charge in [0.15, 0.2) is 5.96 Å². The second-order valence-corrected chi connectivity index (χ2v) is 6.94. The quantitative estimate of drug-likeness (QED) is 0.658. The predicted octanol–water partition coefficient (Wildman–Crippen LogP) is 2.37. The molecule has 1 heterocycles. The summed E-state index contributed by atoms with van der Waals surface area (Å²) < 4.78 is 0. The summed E-state index contributed by atoms with van der Waals surface area (Å²) >= 11 is 0. The number of likely N-dealkylation sites (tertiary alicyclic amines) is 1. The van der Waals surface area contributed by atoms with Crippen LogP contribution in [0.2, 0.25) is 0 Å². The monoisotopic (exact) mass is 328 g/mol. The Kier molecular flexibility index (Phi) is 5.38. The molecule has 1 aliphatic carbocycles. The zero-order valence-corrected chi connectivity index (χ0v) is 14.5. The number of nitrogens with two attached hydrogens (primary N) is 1. The normalized spacial score (nSPS) is 23.9. The van der Waals surface area contributed by atoms with Gasteiger partial charge in [-0.3, -0.25) is 4.79 Å². The fraction of sp³-hybridized carbons (Fsp3) is 0.579. The Balaban J connectivity index is 1.66. The number of nitrogens with zero attached hydrogens (tertiary/aromatic N) is 2. The van der Waals surface area contributed by atoms with Crippen molar-refractivity contribution in [2.75, 3.05) is 19.6 Å². The molecule has 0 radical (unpaired) electrons. The molecule has 2 atom stereocenters. The van der Waals surface area contributed by atoms with Crippen molar-refractivity contribution in [2.45, 2.75) is 39.2 Å². The SMILES string of the molecule is CCNC(=NCc1ccc(C(N)=O)cc1)N1CC2CCCCC2C1. The lowest BCUT2D eigenvalue weighted by Gasteiger charge is -2.22. The van der Waals surface area contributed by atoms with E-state index in [2.05, 4.69) is 17.1 Å². The minimum Gasteiger partial charge on any atom is -0.366 e. The van der Waals surface area contributed by atoms with Gasteiger partial charge in [-0.25, -0.2) is 4.99 Å². The minimum absolute atomic E-state index is 0.391. The molecule has 1 saturated heterocycles. The Bertz CT molecular complexity index is 582. The molecule has 0 spiro atoms. The van der Waals surface area contributed by atoms with Gasteiger partial charge >= 0.3 is 0 Å². The number of aliphatic imine (C=N–C) groups is 1. The highest BCUT2D eigenvalue weighted by Gasteiger charge is 2.35. The Morgan fingerprint density at radius 2 is 1.83 bits per heavy atom. The summed E-state index contributed by atoms with van der Waals surface area (Å²) in [6.45, 7) is 5.88. The van der Waals surface area contributed by atoms with E-state index in [0.29, 0.717) is 12.1 Å². The van der Waals surface area contributed by atoms with E-state index in [4.69, 9.17) is 10.7 Å². The average molecular weight is 328 g/mol. The second-order valence-electron chi connectivity index (χ2n) is 6.94. The van der Waals surface area contributed by atoms with Gasteiger partial charge in [-0.1, -0.05) is 25.0 Å². The first-order chi connectivity index (χ1) is 11.7. The zero-order chi connectivity index (χ0) is 16.9. The van der Waals surface area contributed by atoms with E-state index in [1.54, 1.807) is 12.1 Å². The standard InChI is InChI=1S/C19H28N4O/c1-2-21-19(23-12-16-5-3-4-6-17(16)13-23)22-11-14-7-9-15(10-8-14)18(20)24/h7-10,16-17H,2-6,11-13H2,1H3,(H2,20,24)(H,21,22). The van der Waals surface area contributed by atoms with Crippen molar-refractivity contribution in [3.05, 3.63) is 35.4 Å². The van der Waals surface area contributed by atoms with Crippen LogP contribution in [0.4, 0.5) is 0 Å². The van der Waals surface area contributed by atoms with E-state index in [9.17, 15) is 4.79 Å². The first-order valence-electron chi connectivity index (χ1n) is 9.09. The molecule has 130 valence electrons. The topological polar surface area (TPSA) is 70.7 Å². The zero-order valence-electron chi connectivity index (χ0n) is 14.5. The molecular weight excluding hydrogens is 300 g/mol. The Morgan fingerprint density at radius 3 is 2.38 bits per heavy atom. The second kappa shape index (κ2) is 7.69. The number of hydrogen-bond donors (Lipinski definition) is 2. The number of benzene rings is 1. The van der Waals surface area contributed by atoms with Gasteiger partial charge in [-0.15, -0.1) is 0 Å². The van der Waals surface area contributed by atoms with Gasteiger partial charge in [0.25, 0.3) is 0 Å². The molecular formula is C19H28N4O. The number of fused-ring (bicyclic) bond motifs is 1. The highest BCUT2D eigenvalue weighted by atomic mass is 16.1. The van der Waals surface area contributed by atoms with E-state index in [0.717, 1.165) is 43.0 Å². The van der Waals surface area contributed by atoms with Crippen LogP contribution < -0.4 is 11.1 Å². The van der Waals surface area contributed by atoms with Crippen molar-refractivity contribution >= 4 is 11.9 Å². The number of guanidine groups is 1. The third-order valence-electron chi connectivity index (χ3n) is 5.26. The van der Waals surface area contributed by atoms with Crippen LogP contribution >= 0.6 is 0 Å². The van der Waals surface area contributed by atoms with Gasteiger partial charge in [-0.2, -0.15) is 0 Å². The van der Waals surface area contributed by atoms with Gasteiger partial charge in [0, 0.05) is 25.2 Å². The van der Waals surface area contributed by atoms with Crippen LogP contribution in [0.1, 0.15) is 48.5 Å². The molecule has 2 aliphatic rings. The predicted molar refractivity (Wildman–Crippen MR) is 96.8 cm³/mol. The van der Waals surface area contributed by atoms with Crippen molar-refractivity contribution < 1.29 is 4.79 Å². The fourth-order valence-electron chi connectivity index (χ4n) is 3.95. The highest BCUT2D eigenvalue weighted by Crippen LogP contribution is 2.35. The lowest BCUT2D eigenvalue weighted by Crippen LogP contribution is -2.40. The van der Waals surface area contributed by atoms with Crippen LogP contribution in [0, 0.1) is 11.8 Å². The fourth-order valence-corrected chi connectivity index (χ4v) is 3.95. The van der Waals surface area contributed by atoms with Crippen molar-refractivity contribution in [3.8, 4) is 0 Å². The smallest absolute Gasteiger partial charge is 0.248 e. The molecule has 0 bridgehead atoms. The minimum atomic E-state index is -0.391. The summed E-state index contributed by atoms with van der Waals surface area (Å²) in [5, 5.41) is 3.44. The van der Waals surface area contributed by atoms with Gasteiger partial charge in [-0.05, 0) is 49.3 Å². The van der Waals surface area contributed by atoms with Crippen LogP contribution in [-0.4, -0.2) is 36.4 Å². The van der Waals surface area contributed by atoms with Crippen LogP contribution in [0.3, 0.4) is 0 Å². The van der Waals surface area contributed by atoms with E-state index in [1.807, 2.05) is 12.1 Å². The maximum Gasteiger partial charge on any atom is 0.248 e. The number of hydrogen-bond acceptors (Lipinski definition) is 2. The van der Waals surface area contributed by atoms with E-state index in [-0.39, 0.29) is 0 Å². The highest BCUT2D eigenvalue weighted by molar-refractivity contribution is 5.92. The maximum absolute atomic E-state index is 11.1. The van der Waals surface area contributed by atoms with Crippen molar-refractivity contribution in [1.29, 1.82) is 0 Å². The van der Waals surface area contributed by atoms with Crippen LogP contribution in [0.5, 0.6) is 0 Å². The summed E-state index contributed by atoms with van der Waals surface area (Å²) in [6.07, 6.45) is 5.51. The molecule has 3 rings (SSSR count). The van der Waals surface area contributed by atoms with Gasteiger partial charge in [0.1, 0.15) is 0 Å². The molecule has 1 saturated carbocycles. The summed E-state index contributed by atoms with van der Waals surface area (Å²) in [7, 11) is 0. The summed E-state index contributed by atoms with van der Waals surface area (Å²) in [5.74, 6) is 2.32. The molecule has 3 N–H and O–H groups in total. The summed E-state index contributed by atoms with van der Waals surface area (Å²) in [6, 6.07) is 7.39. The molecule has 5 heteroatoms. The number of nitrogens with one attached hydrogen (secondary N) is 1. The lowest BCUT2D eigenvalue weighted by molar-refractivity contribution is 0.100. The molecule has 1 aliphatic heterocycles. The number of carbonyl (C=O) groups excluding carboxylic acids is 1. The van der Waals surface area contributed by atoms with Crippen LogP contribution in [-0.2, 0) is 6.54 Å². The van der Waals surface area contributed by atoms with E-state index < -0.39 is 5.91 Å². The van der Waals surface area contributed by atoms with Gasteiger partial charge < -0.3 is 16.0 Å². The Morgan fingerprint density at radius 1 is 1.21 bits per heavy atom. The molecule has 24 heavy (non-hydrogen) atoms. The number of amides is 1. The third-order valence-corrected chi connectivity index (χ3v) is 5.26. The van der Waals surface area contributed by atoms with Gasteiger partial charge in [0.05, 0.1) is 6.54 Å². The van der Waals surface area contributed by atoms with E-state index in [1.165, 1.54) is 25.7 Å². The van der Waals surface area contributed by atoms with Crippen molar-refractivity contribution in [1.82, 2.24) is 10.2 Å². The summed E-state index contributed by atoms with van der Waals surface area (Å²) in [5.41, 5.74) is 6.91. The first-order valence-corrected chi connectivity index (χ1v) is 9.09. The van der Waals surface area contributed by atoms with Crippen molar-refractivity contribution in [2.24, 2.45) is 22.6 Å². The van der Waals surface area contributed by atoms with Crippen LogP contribution in [0.15, 0.2) is 29.3 Å². The first kappa shape index (κ1) is 16.8. The molecule has 1 aromatic carbocycles. The largest absolute Gasteiger partial charge is 0.366 e. The van der Waals surface area contributed by atoms with E-state index >= 15 is 0 Å². The molecule has 0 aromatic heterocycles. The average Bonchev–Trinajstić information content (AvgIpc) is 3.03. The van der Waals surface area contributed by atoms with Gasteiger partial charge in [0.2, 0.25) is 5.91 Å². The molecule has 2 unspecified atom stereocenters. The molecule has 5 nitrogen and oxygen atoms in total. The third kappa shape index (κ3) is 3.89. The van der Waals surface area contributed by atoms with Crippen molar-refractivity contribution in [3.63, 3.8) is 0 Å².